The van der Waals surface area contributed by atoms with Gasteiger partial charge in [0.2, 0.25) is 0 Å². The molecule has 0 spiro atoms. The van der Waals surface area contributed by atoms with Crippen LogP contribution >= 0.6 is 0 Å². The summed E-state index contributed by atoms with van der Waals surface area (Å²) in [4.78, 5) is 13.2. The van der Waals surface area contributed by atoms with Gasteiger partial charge in [-0.1, -0.05) is 0 Å². The molecule has 7 heteroatoms. The van der Waals surface area contributed by atoms with E-state index < -0.39 is 17.3 Å². The Morgan fingerprint density at radius 3 is 2.42 bits per heavy atom. The highest BCUT2D eigenvalue weighted by Gasteiger charge is 2.42. The first-order valence-electron chi connectivity index (χ1n) is 5.52. The van der Waals surface area contributed by atoms with Crippen molar-refractivity contribution in [2.45, 2.75) is 25.6 Å². The molecule has 1 heterocycles. The summed E-state index contributed by atoms with van der Waals surface area (Å²) in [6, 6.07) is 1.65. The largest absolute Gasteiger partial charge is 0.476 e. The topological polar surface area (TPSA) is 55.6 Å². The molecule has 1 aliphatic rings. The van der Waals surface area contributed by atoms with Crippen LogP contribution in [-0.4, -0.2) is 18.6 Å². The number of benzene rings is 1. The van der Waals surface area contributed by atoms with Crippen molar-refractivity contribution in [3.63, 3.8) is 0 Å². The van der Waals surface area contributed by atoms with Crippen LogP contribution in [0.5, 0.6) is 5.75 Å². The van der Waals surface area contributed by atoms with Gasteiger partial charge in [0.05, 0.1) is 11.3 Å². The third-order valence-corrected chi connectivity index (χ3v) is 2.95. The van der Waals surface area contributed by atoms with Crippen molar-refractivity contribution < 1.29 is 22.7 Å². The SMILES string of the molecule is CN1C(=O)C(C)(C)Oc2cc(C(F)(F)F)cc(N)c21. The Labute approximate surface area is 107 Å². The van der Waals surface area contributed by atoms with Crippen LogP contribution < -0.4 is 15.4 Å². The number of rotatable bonds is 0. The molecule has 1 aromatic carbocycles. The van der Waals surface area contributed by atoms with Gasteiger partial charge in [-0.2, -0.15) is 13.2 Å². The molecule has 0 radical (unpaired) electrons. The molecule has 19 heavy (non-hydrogen) atoms. The fraction of sp³-hybridized carbons (Fsp3) is 0.417. The van der Waals surface area contributed by atoms with E-state index in [1.807, 2.05) is 0 Å². The molecule has 2 N–H and O–H groups in total. The van der Waals surface area contributed by atoms with E-state index in [9.17, 15) is 18.0 Å². The molecule has 4 nitrogen and oxygen atoms in total. The number of fused-ring (bicyclic) bond motifs is 1. The average Bonchev–Trinajstić information content (AvgIpc) is 2.23. The van der Waals surface area contributed by atoms with Crippen molar-refractivity contribution >= 4 is 17.3 Å². The molecule has 0 bridgehead atoms. The van der Waals surface area contributed by atoms with Crippen molar-refractivity contribution in [3.8, 4) is 5.75 Å². The Kier molecular flexibility index (Phi) is 2.69. The van der Waals surface area contributed by atoms with Gasteiger partial charge >= 0.3 is 6.18 Å². The Morgan fingerprint density at radius 1 is 1.32 bits per heavy atom. The van der Waals surface area contributed by atoms with Crippen molar-refractivity contribution in [2.24, 2.45) is 0 Å². The van der Waals surface area contributed by atoms with Gasteiger partial charge in [-0.15, -0.1) is 0 Å². The van der Waals surface area contributed by atoms with E-state index in [-0.39, 0.29) is 23.0 Å². The lowest BCUT2D eigenvalue weighted by molar-refractivity contribution is -0.137. The van der Waals surface area contributed by atoms with E-state index >= 15 is 0 Å². The van der Waals surface area contributed by atoms with Crippen molar-refractivity contribution in [1.82, 2.24) is 0 Å². The Bertz CT molecular complexity index is 553. The predicted octanol–water partition coefficient (Wildman–Crippen LogP) is 2.42. The van der Waals surface area contributed by atoms with E-state index in [4.69, 9.17) is 10.5 Å². The monoisotopic (exact) mass is 274 g/mol. The number of alkyl halides is 3. The molecule has 0 saturated heterocycles. The van der Waals surface area contributed by atoms with Gasteiger partial charge in [0.25, 0.3) is 5.91 Å². The maximum absolute atomic E-state index is 12.7. The van der Waals surface area contributed by atoms with Crippen LogP contribution in [0.25, 0.3) is 0 Å². The fourth-order valence-electron chi connectivity index (χ4n) is 2.05. The number of nitrogen functional groups attached to an aromatic ring is 1. The quantitative estimate of drug-likeness (QED) is 0.739. The van der Waals surface area contributed by atoms with Crippen LogP contribution in [-0.2, 0) is 11.0 Å². The van der Waals surface area contributed by atoms with Gasteiger partial charge < -0.3 is 15.4 Å². The Hall–Kier alpha value is -1.92. The third kappa shape index (κ3) is 2.09. The van der Waals surface area contributed by atoms with Crippen LogP contribution in [0.15, 0.2) is 12.1 Å². The Morgan fingerprint density at radius 2 is 1.89 bits per heavy atom. The van der Waals surface area contributed by atoms with Crippen LogP contribution in [0.1, 0.15) is 19.4 Å². The van der Waals surface area contributed by atoms with Crippen molar-refractivity contribution in [3.05, 3.63) is 17.7 Å². The lowest BCUT2D eigenvalue weighted by atomic mass is 10.0. The molecule has 0 aromatic heterocycles. The van der Waals surface area contributed by atoms with Gasteiger partial charge in [-0.05, 0) is 26.0 Å². The number of hydrogen-bond donors (Lipinski definition) is 1. The molecule has 0 aliphatic carbocycles. The molecule has 0 unspecified atom stereocenters. The number of hydrogen-bond acceptors (Lipinski definition) is 3. The minimum absolute atomic E-state index is 0.0422. The van der Waals surface area contributed by atoms with E-state index in [1.54, 1.807) is 0 Å². The zero-order valence-electron chi connectivity index (χ0n) is 10.6. The summed E-state index contributed by atoms with van der Waals surface area (Å²) in [5, 5.41) is 0. The van der Waals surface area contributed by atoms with E-state index in [2.05, 4.69) is 0 Å². The number of carbonyl (C=O) groups excluding carboxylic acids is 1. The number of anilines is 2. The van der Waals surface area contributed by atoms with Gasteiger partial charge in [0.1, 0.15) is 11.4 Å². The maximum Gasteiger partial charge on any atom is 0.416 e. The van der Waals surface area contributed by atoms with Gasteiger partial charge in [0, 0.05) is 7.05 Å². The number of carbonyl (C=O) groups is 1. The Balaban J connectivity index is 2.63. The van der Waals surface area contributed by atoms with Crippen molar-refractivity contribution in [2.75, 3.05) is 17.7 Å². The second-order valence-electron chi connectivity index (χ2n) is 4.89. The number of nitrogens with zero attached hydrogens (tertiary/aromatic N) is 1. The van der Waals surface area contributed by atoms with Gasteiger partial charge in [-0.3, -0.25) is 4.79 Å². The zero-order valence-corrected chi connectivity index (χ0v) is 10.6. The molecule has 1 aromatic rings. The summed E-state index contributed by atoms with van der Waals surface area (Å²) in [7, 11) is 1.45. The van der Waals surface area contributed by atoms with Crippen LogP contribution in [0.4, 0.5) is 24.5 Å². The summed E-state index contributed by atoms with van der Waals surface area (Å²) in [5.74, 6) is -0.411. The van der Waals surface area contributed by atoms with Gasteiger partial charge in [-0.25, -0.2) is 0 Å². The zero-order chi connectivity index (χ0) is 14.6. The highest BCUT2D eigenvalue weighted by atomic mass is 19.4. The molecule has 104 valence electrons. The number of nitrogens with two attached hydrogens (primary N) is 1. The molecule has 0 saturated carbocycles. The first-order valence-corrected chi connectivity index (χ1v) is 5.52. The lowest BCUT2D eigenvalue weighted by Crippen LogP contribution is -2.51. The highest BCUT2D eigenvalue weighted by Crippen LogP contribution is 2.44. The maximum atomic E-state index is 12.7. The lowest BCUT2D eigenvalue weighted by Gasteiger charge is -2.37. The molecule has 0 fully saturated rings. The van der Waals surface area contributed by atoms with Crippen LogP contribution in [0, 0.1) is 0 Å². The summed E-state index contributed by atoms with van der Waals surface area (Å²) in [6.45, 7) is 2.98. The van der Waals surface area contributed by atoms with E-state index in [1.165, 1.54) is 25.8 Å². The number of likely N-dealkylation sites (N-methyl/N-ethyl adjacent to an activating group) is 1. The summed E-state index contributed by atoms with van der Waals surface area (Å²) >= 11 is 0. The number of ether oxygens (including phenoxy) is 1. The smallest absolute Gasteiger partial charge is 0.416 e. The van der Waals surface area contributed by atoms with E-state index in [0.717, 1.165) is 12.1 Å². The minimum Gasteiger partial charge on any atom is -0.476 e. The normalized spacial score (nSPS) is 18.0. The predicted molar refractivity (Wildman–Crippen MR) is 64.0 cm³/mol. The summed E-state index contributed by atoms with van der Waals surface area (Å²) in [5.41, 5.74) is 3.50. The van der Waals surface area contributed by atoms with Crippen molar-refractivity contribution in [1.29, 1.82) is 0 Å². The molecule has 1 amide bonds. The minimum atomic E-state index is -4.52. The standard InChI is InChI=1S/C12H13F3N2O2/c1-11(2)10(18)17(3)9-7(16)4-6(12(13,14)15)5-8(9)19-11/h4-5H,16H2,1-3H3. The van der Waals surface area contributed by atoms with Crippen LogP contribution in [0.2, 0.25) is 0 Å². The molecule has 0 atom stereocenters. The van der Waals surface area contributed by atoms with Crippen LogP contribution in [0.3, 0.4) is 0 Å². The average molecular weight is 274 g/mol. The molecule has 2 rings (SSSR count). The van der Waals surface area contributed by atoms with Gasteiger partial charge in [0.15, 0.2) is 5.60 Å². The second-order valence-corrected chi connectivity index (χ2v) is 4.89. The second kappa shape index (κ2) is 3.79. The summed E-state index contributed by atoms with van der Waals surface area (Å²) < 4.78 is 43.5. The number of halogens is 3. The molecular weight excluding hydrogens is 261 g/mol. The first-order chi connectivity index (χ1) is 8.54. The highest BCUT2D eigenvalue weighted by molar-refractivity contribution is 6.04. The fourth-order valence-corrected chi connectivity index (χ4v) is 2.05. The molecular formula is C12H13F3N2O2. The molecule has 1 aliphatic heterocycles. The summed E-state index contributed by atoms with van der Waals surface area (Å²) in [6.07, 6.45) is -4.52. The third-order valence-electron chi connectivity index (χ3n) is 2.95. The van der Waals surface area contributed by atoms with E-state index in [0.29, 0.717) is 0 Å². The first kappa shape index (κ1) is 13.5. The number of amides is 1.